The summed E-state index contributed by atoms with van der Waals surface area (Å²) in [6, 6.07) is 6.73. The van der Waals surface area contributed by atoms with Gasteiger partial charge in [0.25, 0.3) is 0 Å². The Kier molecular flexibility index (Phi) is 5.95. The van der Waals surface area contributed by atoms with Crippen LogP contribution in [-0.4, -0.2) is 44.6 Å². The van der Waals surface area contributed by atoms with Gasteiger partial charge in [0.05, 0.1) is 4.90 Å². The van der Waals surface area contributed by atoms with Gasteiger partial charge in [-0.3, -0.25) is 0 Å². The van der Waals surface area contributed by atoms with Gasteiger partial charge in [-0.25, -0.2) is 23.1 Å². The molecule has 0 saturated carbocycles. The van der Waals surface area contributed by atoms with E-state index in [-0.39, 0.29) is 11.4 Å². The summed E-state index contributed by atoms with van der Waals surface area (Å²) in [5.74, 6) is 1.58. The van der Waals surface area contributed by atoms with E-state index in [0.29, 0.717) is 22.9 Å². The van der Waals surface area contributed by atoms with Gasteiger partial charge >= 0.3 is 0 Å². The lowest BCUT2D eigenvalue weighted by molar-refractivity contribution is 0.582. The Morgan fingerprint density at radius 1 is 1.19 bits per heavy atom. The zero-order chi connectivity index (χ0) is 18.6. The predicted octanol–water partition coefficient (Wildman–Crippen LogP) is 2.43. The van der Waals surface area contributed by atoms with Crippen LogP contribution in [0.3, 0.4) is 0 Å². The number of benzene rings is 1. The first kappa shape index (κ1) is 18.9. The van der Waals surface area contributed by atoms with Gasteiger partial charge < -0.3 is 10.2 Å². The largest absolute Gasteiger partial charge is 0.369 e. The fourth-order valence-corrected chi connectivity index (χ4v) is 4.42. The molecule has 1 aliphatic rings. The van der Waals surface area contributed by atoms with Crippen molar-refractivity contribution in [3.63, 3.8) is 0 Å². The van der Waals surface area contributed by atoms with Crippen molar-refractivity contribution in [3.05, 3.63) is 41.2 Å². The third-order valence-corrected chi connectivity index (χ3v) is 6.33. The molecular weight excluding hydrogens is 374 g/mol. The van der Waals surface area contributed by atoms with Crippen LogP contribution in [0.1, 0.15) is 18.4 Å². The van der Waals surface area contributed by atoms with Gasteiger partial charge in [0, 0.05) is 37.3 Å². The highest BCUT2D eigenvalue weighted by Gasteiger charge is 2.17. The molecule has 1 aromatic heterocycles. The zero-order valence-corrected chi connectivity index (χ0v) is 16.1. The Hall–Kier alpha value is -1.90. The number of aromatic nitrogens is 2. The van der Waals surface area contributed by atoms with E-state index in [1.165, 1.54) is 19.2 Å². The molecule has 1 aliphatic heterocycles. The lowest BCUT2D eigenvalue weighted by Crippen LogP contribution is -2.29. The normalized spacial score (nSPS) is 14.6. The van der Waals surface area contributed by atoms with E-state index in [9.17, 15) is 8.42 Å². The summed E-state index contributed by atoms with van der Waals surface area (Å²) in [4.78, 5) is 10.9. The second-order valence-corrected chi connectivity index (χ2v) is 8.29. The molecule has 7 nitrogen and oxygen atoms in total. The molecule has 2 N–H and O–H groups in total. The molecule has 3 rings (SSSR count). The SMILES string of the molecule is Cc1c(Cl)cccc1S(=O)(=O)NCCNc1cc(N2CCCC2)ncn1. The minimum Gasteiger partial charge on any atom is -0.369 e. The highest BCUT2D eigenvalue weighted by atomic mass is 35.5. The molecule has 0 amide bonds. The van der Waals surface area contributed by atoms with Crippen molar-refractivity contribution in [3.8, 4) is 0 Å². The molecule has 0 atom stereocenters. The van der Waals surface area contributed by atoms with Crippen LogP contribution in [0, 0.1) is 6.92 Å². The standard InChI is InChI=1S/C17H22ClN5O2S/c1-13-14(18)5-4-6-15(13)26(24,25)22-8-7-19-16-11-17(21-12-20-16)23-9-2-3-10-23/h4-6,11-12,22H,2-3,7-10H2,1H3,(H,19,20,21). The van der Waals surface area contributed by atoms with Gasteiger partial charge in [0.2, 0.25) is 10.0 Å². The highest BCUT2D eigenvalue weighted by Crippen LogP contribution is 2.22. The fraction of sp³-hybridized carbons (Fsp3) is 0.412. The van der Waals surface area contributed by atoms with Gasteiger partial charge in [0.15, 0.2) is 0 Å². The van der Waals surface area contributed by atoms with Crippen LogP contribution in [0.25, 0.3) is 0 Å². The third-order valence-electron chi connectivity index (χ3n) is 4.31. The molecule has 0 aliphatic carbocycles. The Morgan fingerprint density at radius 2 is 1.96 bits per heavy atom. The molecule has 9 heteroatoms. The summed E-state index contributed by atoms with van der Waals surface area (Å²) in [5.41, 5.74) is 0.542. The van der Waals surface area contributed by atoms with Gasteiger partial charge in [0.1, 0.15) is 18.0 Å². The van der Waals surface area contributed by atoms with Crippen molar-refractivity contribution in [2.75, 3.05) is 36.4 Å². The molecular formula is C17H22ClN5O2S. The summed E-state index contributed by atoms with van der Waals surface area (Å²) in [5, 5.41) is 3.56. The zero-order valence-electron chi connectivity index (χ0n) is 14.6. The van der Waals surface area contributed by atoms with E-state index in [2.05, 4.69) is 24.9 Å². The van der Waals surface area contributed by atoms with Crippen LogP contribution in [-0.2, 0) is 10.0 Å². The van der Waals surface area contributed by atoms with Crippen molar-refractivity contribution < 1.29 is 8.42 Å². The Balaban J connectivity index is 1.55. The number of nitrogens with zero attached hydrogens (tertiary/aromatic N) is 3. The van der Waals surface area contributed by atoms with E-state index in [4.69, 9.17) is 11.6 Å². The maximum absolute atomic E-state index is 12.4. The van der Waals surface area contributed by atoms with Crippen LogP contribution in [0.2, 0.25) is 5.02 Å². The third kappa shape index (κ3) is 4.44. The molecule has 1 saturated heterocycles. The summed E-state index contributed by atoms with van der Waals surface area (Å²) in [6.07, 6.45) is 3.88. The molecule has 1 aromatic carbocycles. The van der Waals surface area contributed by atoms with Crippen LogP contribution in [0.4, 0.5) is 11.6 Å². The van der Waals surface area contributed by atoms with Gasteiger partial charge in [-0.05, 0) is 37.5 Å². The lowest BCUT2D eigenvalue weighted by Gasteiger charge is -2.16. The van der Waals surface area contributed by atoms with Gasteiger partial charge in [-0.1, -0.05) is 17.7 Å². The van der Waals surface area contributed by atoms with Crippen molar-refractivity contribution in [2.24, 2.45) is 0 Å². The number of hydrogen-bond acceptors (Lipinski definition) is 6. The van der Waals surface area contributed by atoms with Crippen LogP contribution < -0.4 is 14.9 Å². The number of sulfonamides is 1. The van der Waals surface area contributed by atoms with E-state index in [1.807, 2.05) is 6.07 Å². The van der Waals surface area contributed by atoms with Crippen molar-refractivity contribution in [1.29, 1.82) is 0 Å². The van der Waals surface area contributed by atoms with Crippen molar-refractivity contribution >= 4 is 33.3 Å². The maximum Gasteiger partial charge on any atom is 0.240 e. The molecule has 1 fully saturated rings. The number of hydrogen-bond donors (Lipinski definition) is 2. The molecule has 0 unspecified atom stereocenters. The Labute approximate surface area is 158 Å². The first-order valence-electron chi connectivity index (χ1n) is 8.53. The van der Waals surface area contributed by atoms with E-state index in [1.54, 1.807) is 25.1 Å². The summed E-state index contributed by atoms with van der Waals surface area (Å²) in [7, 11) is -3.60. The van der Waals surface area contributed by atoms with Crippen LogP contribution in [0.15, 0.2) is 35.5 Å². The Bertz CT molecular complexity index is 869. The number of halogens is 1. The molecule has 140 valence electrons. The summed E-state index contributed by atoms with van der Waals surface area (Å²) in [6.45, 7) is 4.35. The first-order chi connectivity index (χ1) is 12.5. The smallest absolute Gasteiger partial charge is 0.240 e. The van der Waals surface area contributed by atoms with Gasteiger partial charge in [-0.2, -0.15) is 0 Å². The highest BCUT2D eigenvalue weighted by molar-refractivity contribution is 7.89. The molecule has 2 aromatic rings. The van der Waals surface area contributed by atoms with E-state index < -0.39 is 10.0 Å². The molecule has 0 spiro atoms. The second kappa shape index (κ2) is 8.20. The molecule has 26 heavy (non-hydrogen) atoms. The topological polar surface area (TPSA) is 87.2 Å². The summed E-state index contributed by atoms with van der Waals surface area (Å²) < 4.78 is 27.4. The fourth-order valence-electron chi connectivity index (χ4n) is 2.90. The van der Waals surface area contributed by atoms with Crippen LogP contribution in [0.5, 0.6) is 0 Å². The number of nitrogens with one attached hydrogen (secondary N) is 2. The maximum atomic E-state index is 12.4. The predicted molar refractivity (Wildman–Crippen MR) is 103 cm³/mol. The first-order valence-corrected chi connectivity index (χ1v) is 10.4. The Morgan fingerprint density at radius 3 is 2.73 bits per heavy atom. The lowest BCUT2D eigenvalue weighted by atomic mass is 10.2. The average Bonchev–Trinajstić information content (AvgIpc) is 3.16. The minimum atomic E-state index is -3.60. The quantitative estimate of drug-likeness (QED) is 0.700. The van der Waals surface area contributed by atoms with Crippen molar-refractivity contribution in [2.45, 2.75) is 24.7 Å². The second-order valence-electron chi connectivity index (χ2n) is 6.14. The minimum absolute atomic E-state index is 0.198. The van der Waals surface area contributed by atoms with E-state index >= 15 is 0 Å². The summed E-state index contributed by atoms with van der Waals surface area (Å²) >= 11 is 6.01. The molecule has 2 heterocycles. The van der Waals surface area contributed by atoms with Crippen molar-refractivity contribution in [1.82, 2.24) is 14.7 Å². The monoisotopic (exact) mass is 395 g/mol. The number of anilines is 2. The molecule has 0 bridgehead atoms. The number of rotatable bonds is 7. The molecule has 0 radical (unpaired) electrons. The average molecular weight is 396 g/mol. The van der Waals surface area contributed by atoms with Gasteiger partial charge in [-0.15, -0.1) is 0 Å². The van der Waals surface area contributed by atoms with E-state index in [0.717, 1.165) is 18.9 Å². The van der Waals surface area contributed by atoms with Crippen LogP contribution >= 0.6 is 11.6 Å².